The molecule has 1 N–H and O–H groups in total. The van der Waals surface area contributed by atoms with Gasteiger partial charge in [-0.3, -0.25) is 0 Å². The highest BCUT2D eigenvalue weighted by atomic mass is 32.1. The van der Waals surface area contributed by atoms with Crippen molar-refractivity contribution in [3.63, 3.8) is 0 Å². The van der Waals surface area contributed by atoms with Gasteiger partial charge in [-0.2, -0.15) is 0 Å². The second kappa shape index (κ2) is 4.92. The average molecular weight is 285 g/mol. The predicted octanol–water partition coefficient (Wildman–Crippen LogP) is 2.84. The number of amidine groups is 1. The zero-order valence-corrected chi connectivity index (χ0v) is 11.8. The molecule has 3 heterocycles. The largest absolute Gasteiger partial charge is 0.444 e. The standard InChI is InChI=1S/C15H15N3OS/c1-2-4-13-12(3-1)17-14(18-8-6-16-7-9-18)11-5-10-20-15(11)19-13/h1-5,10,16H,6-9H2. The first-order chi connectivity index (χ1) is 9.92. The topological polar surface area (TPSA) is 36.9 Å². The van der Waals surface area contributed by atoms with Crippen molar-refractivity contribution in [1.29, 1.82) is 0 Å². The molecule has 5 heteroatoms. The SMILES string of the molecule is c1ccc2c(c1)N=C(N1CCNCC1)c1ccsc1O2. The fourth-order valence-electron chi connectivity index (χ4n) is 2.57. The smallest absolute Gasteiger partial charge is 0.192 e. The molecule has 2 aliphatic rings. The summed E-state index contributed by atoms with van der Waals surface area (Å²) in [6, 6.07) is 10.1. The van der Waals surface area contributed by atoms with Crippen LogP contribution in [0.2, 0.25) is 0 Å². The minimum absolute atomic E-state index is 0.835. The second-order valence-electron chi connectivity index (χ2n) is 4.86. The van der Waals surface area contributed by atoms with Crippen molar-refractivity contribution in [1.82, 2.24) is 10.2 Å². The first-order valence-electron chi connectivity index (χ1n) is 6.81. The van der Waals surface area contributed by atoms with Gasteiger partial charge in [0.05, 0.1) is 5.56 Å². The van der Waals surface area contributed by atoms with E-state index in [9.17, 15) is 0 Å². The molecular formula is C15H15N3OS. The highest BCUT2D eigenvalue weighted by molar-refractivity contribution is 7.12. The molecule has 4 rings (SSSR count). The Morgan fingerprint density at radius 2 is 2.00 bits per heavy atom. The fraction of sp³-hybridized carbons (Fsp3) is 0.267. The van der Waals surface area contributed by atoms with Crippen LogP contribution in [0.3, 0.4) is 0 Å². The molecule has 0 aliphatic carbocycles. The number of thiophene rings is 1. The van der Waals surface area contributed by atoms with Gasteiger partial charge < -0.3 is 15.0 Å². The zero-order chi connectivity index (χ0) is 13.4. The summed E-state index contributed by atoms with van der Waals surface area (Å²) in [5, 5.41) is 6.38. The van der Waals surface area contributed by atoms with E-state index in [-0.39, 0.29) is 0 Å². The monoisotopic (exact) mass is 285 g/mol. The van der Waals surface area contributed by atoms with Crippen molar-refractivity contribution in [3.8, 4) is 10.8 Å². The van der Waals surface area contributed by atoms with Crippen molar-refractivity contribution < 1.29 is 4.74 Å². The Labute approximate surface area is 121 Å². The molecule has 1 fully saturated rings. The van der Waals surface area contributed by atoms with E-state index < -0.39 is 0 Å². The molecule has 0 spiro atoms. The van der Waals surface area contributed by atoms with Crippen LogP contribution >= 0.6 is 11.3 Å². The molecule has 0 saturated carbocycles. The Balaban J connectivity index is 1.84. The van der Waals surface area contributed by atoms with E-state index in [2.05, 4.69) is 21.7 Å². The van der Waals surface area contributed by atoms with Gasteiger partial charge in [0, 0.05) is 26.2 Å². The van der Waals surface area contributed by atoms with Gasteiger partial charge >= 0.3 is 0 Å². The molecule has 2 aromatic rings. The van der Waals surface area contributed by atoms with Crippen LogP contribution < -0.4 is 10.1 Å². The average Bonchev–Trinajstić information content (AvgIpc) is 2.89. The molecule has 1 saturated heterocycles. The molecule has 1 aromatic carbocycles. The molecule has 2 aliphatic heterocycles. The van der Waals surface area contributed by atoms with E-state index in [1.807, 2.05) is 24.3 Å². The summed E-state index contributed by atoms with van der Waals surface area (Å²) in [6.45, 7) is 3.97. The molecule has 0 radical (unpaired) electrons. The van der Waals surface area contributed by atoms with Crippen LogP contribution in [0.5, 0.6) is 10.8 Å². The molecule has 0 unspecified atom stereocenters. The van der Waals surface area contributed by atoms with E-state index in [1.165, 1.54) is 0 Å². The third-order valence-corrected chi connectivity index (χ3v) is 4.37. The number of aliphatic imine (C=N–C) groups is 1. The maximum absolute atomic E-state index is 6.03. The number of rotatable bonds is 0. The van der Waals surface area contributed by atoms with E-state index >= 15 is 0 Å². The van der Waals surface area contributed by atoms with Gasteiger partial charge in [0.2, 0.25) is 0 Å². The van der Waals surface area contributed by atoms with Crippen molar-refractivity contribution in [2.75, 3.05) is 26.2 Å². The summed E-state index contributed by atoms with van der Waals surface area (Å²) in [5.41, 5.74) is 2.01. The Kier molecular flexibility index (Phi) is 2.94. The highest BCUT2D eigenvalue weighted by Crippen LogP contribution is 2.40. The number of para-hydroxylation sites is 2. The lowest BCUT2D eigenvalue weighted by Gasteiger charge is -2.29. The van der Waals surface area contributed by atoms with Crippen LogP contribution in [-0.4, -0.2) is 36.9 Å². The van der Waals surface area contributed by atoms with Crippen molar-refractivity contribution in [3.05, 3.63) is 41.3 Å². The number of benzene rings is 1. The molecule has 0 bridgehead atoms. The minimum atomic E-state index is 0.835. The van der Waals surface area contributed by atoms with Crippen molar-refractivity contribution in [2.45, 2.75) is 0 Å². The Hall–Kier alpha value is -1.85. The van der Waals surface area contributed by atoms with Gasteiger partial charge in [0.25, 0.3) is 0 Å². The van der Waals surface area contributed by atoms with Gasteiger partial charge in [0.15, 0.2) is 10.8 Å². The van der Waals surface area contributed by atoms with Gasteiger partial charge in [-0.15, -0.1) is 11.3 Å². The molecule has 4 nitrogen and oxygen atoms in total. The summed E-state index contributed by atoms with van der Waals surface area (Å²) in [4.78, 5) is 7.21. The predicted molar refractivity (Wildman–Crippen MR) is 81.5 cm³/mol. The third kappa shape index (κ3) is 1.99. The number of fused-ring (bicyclic) bond motifs is 2. The number of nitrogens with zero attached hydrogens (tertiary/aromatic N) is 2. The summed E-state index contributed by atoms with van der Waals surface area (Å²) in [5.74, 6) is 1.87. The zero-order valence-electron chi connectivity index (χ0n) is 11.0. The fourth-order valence-corrected chi connectivity index (χ4v) is 3.32. The maximum atomic E-state index is 6.03. The van der Waals surface area contributed by atoms with Gasteiger partial charge in [0.1, 0.15) is 11.5 Å². The van der Waals surface area contributed by atoms with E-state index in [1.54, 1.807) is 11.3 Å². The number of piperazine rings is 1. The molecule has 1 aromatic heterocycles. The quantitative estimate of drug-likeness (QED) is 0.808. The molecule has 102 valence electrons. The summed E-state index contributed by atoms with van der Waals surface area (Å²) in [6.07, 6.45) is 0. The van der Waals surface area contributed by atoms with E-state index in [0.29, 0.717) is 0 Å². The Morgan fingerprint density at radius 3 is 2.90 bits per heavy atom. The third-order valence-electron chi connectivity index (χ3n) is 3.58. The Morgan fingerprint density at radius 1 is 1.15 bits per heavy atom. The first kappa shape index (κ1) is 11.9. The summed E-state index contributed by atoms with van der Waals surface area (Å²) >= 11 is 1.62. The number of nitrogens with one attached hydrogen (secondary N) is 1. The van der Waals surface area contributed by atoms with E-state index in [4.69, 9.17) is 9.73 Å². The van der Waals surface area contributed by atoms with Crippen LogP contribution in [0.25, 0.3) is 0 Å². The van der Waals surface area contributed by atoms with Gasteiger partial charge in [-0.25, -0.2) is 4.99 Å². The molecule has 20 heavy (non-hydrogen) atoms. The van der Waals surface area contributed by atoms with Crippen LogP contribution in [0.4, 0.5) is 5.69 Å². The van der Waals surface area contributed by atoms with Crippen LogP contribution in [-0.2, 0) is 0 Å². The summed E-state index contributed by atoms with van der Waals surface area (Å²) < 4.78 is 6.03. The maximum Gasteiger partial charge on any atom is 0.192 e. The van der Waals surface area contributed by atoms with Gasteiger partial charge in [-0.05, 0) is 23.6 Å². The van der Waals surface area contributed by atoms with Crippen molar-refractivity contribution in [2.24, 2.45) is 4.99 Å². The molecular weight excluding hydrogens is 270 g/mol. The van der Waals surface area contributed by atoms with Crippen molar-refractivity contribution >= 4 is 22.9 Å². The number of hydrogen-bond acceptors (Lipinski definition) is 5. The van der Waals surface area contributed by atoms with Gasteiger partial charge in [-0.1, -0.05) is 12.1 Å². The lowest BCUT2D eigenvalue weighted by molar-refractivity contribution is 0.358. The molecule has 0 atom stereocenters. The lowest BCUT2D eigenvalue weighted by Crippen LogP contribution is -2.46. The van der Waals surface area contributed by atoms with E-state index in [0.717, 1.165) is 54.1 Å². The number of ether oxygens (including phenoxy) is 1. The Bertz CT molecular complexity index is 659. The van der Waals surface area contributed by atoms with Crippen LogP contribution in [0.1, 0.15) is 5.56 Å². The second-order valence-corrected chi connectivity index (χ2v) is 5.74. The normalized spacial score (nSPS) is 17.6. The minimum Gasteiger partial charge on any atom is -0.444 e. The van der Waals surface area contributed by atoms with Crippen LogP contribution in [0.15, 0.2) is 40.7 Å². The highest BCUT2D eigenvalue weighted by Gasteiger charge is 2.24. The van der Waals surface area contributed by atoms with Crippen LogP contribution in [0, 0.1) is 0 Å². The molecule has 0 amide bonds. The summed E-state index contributed by atoms with van der Waals surface area (Å²) in [7, 11) is 0. The first-order valence-corrected chi connectivity index (χ1v) is 7.69. The lowest BCUT2D eigenvalue weighted by atomic mass is 10.2. The number of hydrogen-bond donors (Lipinski definition) is 1.